The Balaban J connectivity index is 2.15. The van der Waals surface area contributed by atoms with Gasteiger partial charge in [0.15, 0.2) is 0 Å². The fourth-order valence-electron chi connectivity index (χ4n) is 3.17. The maximum absolute atomic E-state index is 6.41. The molecule has 0 atom stereocenters. The van der Waals surface area contributed by atoms with Gasteiger partial charge in [0, 0.05) is 3.57 Å². The minimum Gasteiger partial charge on any atom is -0.497 e. The first-order valence-electron chi connectivity index (χ1n) is 9.12. The summed E-state index contributed by atoms with van der Waals surface area (Å²) in [5.41, 5.74) is 3.70. The van der Waals surface area contributed by atoms with Gasteiger partial charge in [0.25, 0.3) is 0 Å². The molecular formula is C22H26BIO3. The molecule has 0 saturated carbocycles. The van der Waals surface area contributed by atoms with Crippen LogP contribution in [-0.2, 0) is 9.31 Å². The van der Waals surface area contributed by atoms with E-state index >= 15 is 0 Å². The highest BCUT2D eigenvalue weighted by molar-refractivity contribution is 14.1. The lowest BCUT2D eigenvalue weighted by Crippen LogP contribution is -2.41. The zero-order chi connectivity index (χ0) is 19.8. The Morgan fingerprint density at radius 2 is 1.48 bits per heavy atom. The van der Waals surface area contributed by atoms with Crippen molar-refractivity contribution in [2.75, 3.05) is 7.11 Å². The van der Waals surface area contributed by atoms with E-state index in [0.29, 0.717) is 0 Å². The zero-order valence-electron chi connectivity index (χ0n) is 16.8. The molecule has 0 amide bonds. The predicted octanol–water partition coefficient (Wildman–Crippen LogP) is 5.86. The maximum atomic E-state index is 6.41. The lowest BCUT2D eigenvalue weighted by Gasteiger charge is -2.32. The lowest BCUT2D eigenvalue weighted by molar-refractivity contribution is 0.00578. The molecule has 0 unspecified atom stereocenters. The Morgan fingerprint density at radius 1 is 0.926 bits per heavy atom. The van der Waals surface area contributed by atoms with E-state index in [9.17, 15) is 0 Å². The van der Waals surface area contributed by atoms with E-state index in [0.717, 1.165) is 22.4 Å². The average Bonchev–Trinajstić information content (AvgIpc) is 2.83. The molecule has 3 rings (SSSR count). The Morgan fingerprint density at radius 3 is 2.00 bits per heavy atom. The SMILES string of the molecule is COc1ccc(/C(B2OC(C)(C)C(C)(C)O2)=C(\C)c2ccccc2I)cc1. The molecule has 0 radical (unpaired) electrons. The van der Waals surface area contributed by atoms with E-state index in [1.165, 1.54) is 9.13 Å². The van der Waals surface area contributed by atoms with Crippen molar-refractivity contribution in [3.63, 3.8) is 0 Å². The molecule has 0 N–H and O–H groups in total. The molecule has 5 heteroatoms. The number of hydrogen-bond acceptors (Lipinski definition) is 3. The van der Waals surface area contributed by atoms with Crippen LogP contribution in [0, 0.1) is 3.57 Å². The number of allylic oxidation sites excluding steroid dienone is 1. The molecular weight excluding hydrogens is 450 g/mol. The Kier molecular flexibility index (Phi) is 5.76. The molecule has 0 spiro atoms. The molecule has 0 bridgehead atoms. The van der Waals surface area contributed by atoms with Crippen LogP contribution >= 0.6 is 22.6 Å². The van der Waals surface area contributed by atoms with Crippen LogP contribution in [0.1, 0.15) is 45.7 Å². The van der Waals surface area contributed by atoms with Crippen molar-refractivity contribution in [1.82, 2.24) is 0 Å². The molecule has 0 aromatic heterocycles. The van der Waals surface area contributed by atoms with E-state index in [1.807, 2.05) is 12.1 Å². The van der Waals surface area contributed by atoms with Crippen LogP contribution in [0.3, 0.4) is 0 Å². The van der Waals surface area contributed by atoms with Crippen molar-refractivity contribution in [2.45, 2.75) is 45.8 Å². The predicted molar refractivity (Wildman–Crippen MR) is 121 cm³/mol. The highest BCUT2D eigenvalue weighted by Crippen LogP contribution is 2.43. The topological polar surface area (TPSA) is 27.7 Å². The first-order valence-corrected chi connectivity index (χ1v) is 10.2. The molecule has 1 fully saturated rings. The lowest BCUT2D eigenvalue weighted by atomic mass is 9.70. The molecule has 0 aliphatic carbocycles. The molecule has 1 aliphatic heterocycles. The Hall–Kier alpha value is -1.31. The second-order valence-corrected chi connectivity index (χ2v) is 9.00. The monoisotopic (exact) mass is 476 g/mol. The smallest absolute Gasteiger partial charge is 0.495 e. The van der Waals surface area contributed by atoms with Crippen LogP contribution in [0.4, 0.5) is 0 Å². The van der Waals surface area contributed by atoms with Gasteiger partial charge in [-0.3, -0.25) is 0 Å². The minimum absolute atomic E-state index is 0.389. The number of halogens is 1. The number of methoxy groups -OCH3 is 1. The van der Waals surface area contributed by atoms with Crippen molar-refractivity contribution in [2.24, 2.45) is 0 Å². The summed E-state index contributed by atoms with van der Waals surface area (Å²) in [5.74, 6) is 0.832. The third-order valence-electron chi connectivity index (χ3n) is 5.57. The second-order valence-electron chi connectivity index (χ2n) is 7.84. The van der Waals surface area contributed by atoms with Gasteiger partial charge in [-0.05, 0) is 97.6 Å². The summed E-state index contributed by atoms with van der Waals surface area (Å²) >= 11 is 2.38. The fraction of sp³-hybridized carbons (Fsp3) is 0.364. The number of ether oxygens (including phenoxy) is 1. The van der Waals surface area contributed by atoms with Gasteiger partial charge in [-0.2, -0.15) is 0 Å². The molecule has 1 aliphatic rings. The Bertz CT molecular complexity index is 840. The summed E-state index contributed by atoms with van der Waals surface area (Å²) in [5, 5.41) is 0. The van der Waals surface area contributed by atoms with E-state index in [2.05, 4.69) is 93.6 Å². The van der Waals surface area contributed by atoms with E-state index in [4.69, 9.17) is 14.0 Å². The van der Waals surface area contributed by atoms with Crippen LogP contribution in [-0.4, -0.2) is 25.4 Å². The first kappa shape index (κ1) is 20.4. The quantitative estimate of drug-likeness (QED) is 0.315. The summed E-state index contributed by atoms with van der Waals surface area (Å²) < 4.78 is 19.3. The van der Waals surface area contributed by atoms with Gasteiger partial charge in [0.2, 0.25) is 0 Å². The minimum atomic E-state index is -0.431. The standard InChI is InChI=1S/C22H26BIO3/c1-15(18-9-7-8-10-19(18)24)20(16-11-13-17(25-6)14-12-16)23-26-21(2,3)22(4,5)27-23/h7-14H,1-6H3/b20-15-. The average molecular weight is 476 g/mol. The molecule has 2 aromatic carbocycles. The molecule has 1 heterocycles. The third-order valence-corrected chi connectivity index (χ3v) is 6.51. The summed E-state index contributed by atoms with van der Waals surface area (Å²) in [7, 11) is 1.25. The highest BCUT2D eigenvalue weighted by Gasteiger charge is 2.53. The van der Waals surface area contributed by atoms with Crippen molar-refractivity contribution < 1.29 is 14.0 Å². The normalized spacial score (nSPS) is 19.0. The van der Waals surface area contributed by atoms with Crippen LogP contribution in [0.25, 0.3) is 11.0 Å². The van der Waals surface area contributed by atoms with Gasteiger partial charge >= 0.3 is 7.12 Å². The molecule has 3 nitrogen and oxygen atoms in total. The summed E-state index contributed by atoms with van der Waals surface area (Å²) in [6.07, 6.45) is 0. The van der Waals surface area contributed by atoms with E-state index < -0.39 is 7.12 Å². The second kappa shape index (κ2) is 7.61. The van der Waals surface area contributed by atoms with Gasteiger partial charge < -0.3 is 14.0 Å². The zero-order valence-corrected chi connectivity index (χ0v) is 19.0. The van der Waals surface area contributed by atoms with Crippen molar-refractivity contribution in [3.8, 4) is 5.75 Å². The molecule has 2 aromatic rings. The number of benzene rings is 2. The van der Waals surface area contributed by atoms with E-state index in [-0.39, 0.29) is 11.2 Å². The summed E-state index contributed by atoms with van der Waals surface area (Å²) in [6, 6.07) is 16.5. The summed E-state index contributed by atoms with van der Waals surface area (Å²) in [4.78, 5) is 0. The molecule has 1 saturated heterocycles. The largest absolute Gasteiger partial charge is 0.497 e. The Labute approximate surface area is 176 Å². The number of hydrogen-bond donors (Lipinski definition) is 0. The third kappa shape index (κ3) is 3.96. The van der Waals surface area contributed by atoms with Gasteiger partial charge in [0.1, 0.15) is 5.75 Å². The van der Waals surface area contributed by atoms with Crippen LogP contribution in [0.5, 0.6) is 5.75 Å². The summed E-state index contributed by atoms with van der Waals surface area (Å²) in [6.45, 7) is 10.5. The van der Waals surface area contributed by atoms with Crippen LogP contribution < -0.4 is 4.74 Å². The van der Waals surface area contributed by atoms with Gasteiger partial charge in [-0.15, -0.1) is 0 Å². The van der Waals surface area contributed by atoms with Crippen molar-refractivity contribution in [1.29, 1.82) is 0 Å². The maximum Gasteiger partial charge on any atom is 0.495 e. The number of rotatable bonds is 4. The first-order chi connectivity index (χ1) is 12.7. The van der Waals surface area contributed by atoms with E-state index in [1.54, 1.807) is 7.11 Å². The van der Waals surface area contributed by atoms with Crippen molar-refractivity contribution in [3.05, 3.63) is 63.2 Å². The molecule has 142 valence electrons. The van der Waals surface area contributed by atoms with Gasteiger partial charge in [-0.1, -0.05) is 30.3 Å². The van der Waals surface area contributed by atoms with Crippen LogP contribution in [0.15, 0.2) is 48.5 Å². The van der Waals surface area contributed by atoms with Crippen LogP contribution in [0.2, 0.25) is 0 Å². The fourth-order valence-corrected chi connectivity index (χ4v) is 3.96. The molecule has 27 heavy (non-hydrogen) atoms. The van der Waals surface area contributed by atoms with Gasteiger partial charge in [-0.25, -0.2) is 0 Å². The van der Waals surface area contributed by atoms with Gasteiger partial charge in [0.05, 0.1) is 18.3 Å². The van der Waals surface area contributed by atoms with Crippen molar-refractivity contribution >= 4 is 40.8 Å². The highest BCUT2D eigenvalue weighted by atomic mass is 127.